The lowest BCUT2D eigenvalue weighted by Crippen LogP contribution is -2.17. The first-order valence-corrected chi connectivity index (χ1v) is 5.85. The summed E-state index contributed by atoms with van der Waals surface area (Å²) < 4.78 is 6.99. The fraction of sp³-hybridized carbons (Fsp3) is 0.308. The third-order valence-corrected chi connectivity index (χ3v) is 2.72. The van der Waals surface area contributed by atoms with E-state index in [4.69, 9.17) is 16.3 Å². The molecule has 0 aliphatic rings. The molecule has 1 aromatic heterocycles. The molecule has 3 nitrogen and oxygen atoms in total. The van der Waals surface area contributed by atoms with Gasteiger partial charge in [-0.05, 0) is 24.6 Å². The van der Waals surface area contributed by atoms with Gasteiger partial charge in [-0.15, -0.1) is 0 Å². The number of hydrogen-bond donors (Lipinski definition) is 0. The summed E-state index contributed by atoms with van der Waals surface area (Å²) in [5.41, 5.74) is -0.0967. The number of aromatic nitrogens is 1. The molecule has 0 aliphatic heterocycles. The lowest BCUT2D eigenvalue weighted by atomic mass is 10.1. The minimum absolute atomic E-state index is 0.0967. The van der Waals surface area contributed by atoms with Crippen LogP contribution >= 0.6 is 11.6 Å². The number of halogens is 1. The molecule has 0 N–H and O–H groups in total. The van der Waals surface area contributed by atoms with Crippen LogP contribution in [0.25, 0.3) is 10.8 Å². The molecule has 0 aliphatic carbocycles. The summed E-state index contributed by atoms with van der Waals surface area (Å²) in [6.07, 6.45) is 3.81. The average molecular weight is 251 g/mol. The van der Waals surface area contributed by atoms with Crippen molar-refractivity contribution in [3.63, 3.8) is 0 Å². The molecular formula is C13H13ClNO2. The van der Waals surface area contributed by atoms with Crippen LogP contribution in [0.4, 0.5) is 0 Å². The summed E-state index contributed by atoms with van der Waals surface area (Å²) in [5.74, 6) is 0.575. The molecule has 0 unspecified atom stereocenters. The fourth-order valence-electron chi connectivity index (χ4n) is 1.65. The van der Waals surface area contributed by atoms with Crippen LogP contribution in [0.2, 0.25) is 5.02 Å². The van der Waals surface area contributed by atoms with E-state index in [2.05, 4.69) is 6.20 Å². The SMILES string of the molecule is CCCOc1[c]n(C)c(=O)c2ccc(Cl)cc12. The van der Waals surface area contributed by atoms with Gasteiger partial charge in [0.05, 0.1) is 12.0 Å². The Morgan fingerprint density at radius 1 is 1.41 bits per heavy atom. The molecule has 0 saturated heterocycles. The Bertz CT molecular complexity index is 604. The first-order valence-electron chi connectivity index (χ1n) is 5.48. The standard InChI is InChI=1S/C13H13ClNO2/c1-3-6-17-12-8-15(2)13(16)10-5-4-9(14)7-11(10)12/h4-5,7H,3,6H2,1-2H3. The first kappa shape index (κ1) is 12.0. The van der Waals surface area contributed by atoms with Crippen LogP contribution in [0.1, 0.15) is 13.3 Å². The number of nitrogens with zero attached hydrogens (tertiary/aromatic N) is 1. The zero-order valence-electron chi connectivity index (χ0n) is 9.79. The molecule has 0 fully saturated rings. The fourth-order valence-corrected chi connectivity index (χ4v) is 1.82. The highest BCUT2D eigenvalue weighted by Gasteiger charge is 2.09. The summed E-state index contributed by atoms with van der Waals surface area (Å²) in [7, 11) is 1.66. The van der Waals surface area contributed by atoms with Crippen molar-refractivity contribution in [3.05, 3.63) is 39.8 Å². The summed E-state index contributed by atoms with van der Waals surface area (Å²) in [5, 5.41) is 1.90. The second-order valence-electron chi connectivity index (χ2n) is 3.84. The summed E-state index contributed by atoms with van der Waals surface area (Å²) >= 11 is 5.94. The van der Waals surface area contributed by atoms with Crippen molar-refractivity contribution < 1.29 is 4.74 Å². The highest BCUT2D eigenvalue weighted by atomic mass is 35.5. The molecule has 2 aromatic rings. The number of fused-ring (bicyclic) bond motifs is 1. The number of hydrogen-bond acceptors (Lipinski definition) is 2. The number of pyridine rings is 1. The quantitative estimate of drug-likeness (QED) is 0.839. The number of ether oxygens (including phenoxy) is 1. The van der Waals surface area contributed by atoms with Gasteiger partial charge in [0.1, 0.15) is 6.20 Å². The maximum absolute atomic E-state index is 11.9. The van der Waals surface area contributed by atoms with Crippen LogP contribution in [0, 0.1) is 6.20 Å². The van der Waals surface area contributed by atoms with Crippen LogP contribution in [0.3, 0.4) is 0 Å². The summed E-state index contributed by atoms with van der Waals surface area (Å²) in [6, 6.07) is 5.15. The highest BCUT2D eigenvalue weighted by molar-refractivity contribution is 6.31. The highest BCUT2D eigenvalue weighted by Crippen LogP contribution is 2.25. The van der Waals surface area contributed by atoms with Gasteiger partial charge in [-0.25, -0.2) is 0 Å². The van der Waals surface area contributed by atoms with Crippen molar-refractivity contribution in [2.24, 2.45) is 7.05 Å². The largest absolute Gasteiger partial charge is 0.491 e. The van der Waals surface area contributed by atoms with E-state index in [1.165, 1.54) is 4.57 Å². The van der Waals surface area contributed by atoms with Gasteiger partial charge in [0.15, 0.2) is 5.75 Å². The Labute approximate surface area is 105 Å². The van der Waals surface area contributed by atoms with E-state index in [-0.39, 0.29) is 5.56 Å². The van der Waals surface area contributed by atoms with Gasteiger partial charge in [-0.2, -0.15) is 0 Å². The normalized spacial score (nSPS) is 10.8. The van der Waals surface area contributed by atoms with Gasteiger partial charge in [0, 0.05) is 17.5 Å². The molecule has 0 spiro atoms. The van der Waals surface area contributed by atoms with Gasteiger partial charge >= 0.3 is 0 Å². The monoisotopic (exact) mass is 250 g/mol. The van der Waals surface area contributed by atoms with Gasteiger partial charge in [-0.1, -0.05) is 18.5 Å². The van der Waals surface area contributed by atoms with E-state index in [0.717, 1.165) is 6.42 Å². The zero-order chi connectivity index (χ0) is 12.4. The molecule has 0 bridgehead atoms. The van der Waals surface area contributed by atoms with Crippen molar-refractivity contribution in [2.45, 2.75) is 13.3 Å². The Kier molecular flexibility index (Phi) is 3.38. The molecule has 2 rings (SSSR count). The molecule has 1 aromatic carbocycles. The van der Waals surface area contributed by atoms with Crippen molar-refractivity contribution in [1.29, 1.82) is 0 Å². The molecule has 17 heavy (non-hydrogen) atoms. The van der Waals surface area contributed by atoms with E-state index in [1.807, 2.05) is 6.92 Å². The lowest BCUT2D eigenvalue weighted by molar-refractivity contribution is 0.317. The minimum atomic E-state index is -0.0967. The molecule has 0 atom stereocenters. The van der Waals surface area contributed by atoms with Crippen LogP contribution in [0.5, 0.6) is 5.75 Å². The molecule has 0 saturated carbocycles. The lowest BCUT2D eigenvalue weighted by Gasteiger charge is -2.09. The Balaban J connectivity index is 2.69. The molecule has 89 valence electrons. The average Bonchev–Trinajstić information content (AvgIpc) is 2.32. The third kappa shape index (κ3) is 2.29. The Morgan fingerprint density at radius 3 is 2.88 bits per heavy atom. The zero-order valence-corrected chi connectivity index (χ0v) is 10.5. The van der Waals surface area contributed by atoms with E-state index < -0.39 is 0 Å². The van der Waals surface area contributed by atoms with Gasteiger partial charge in [0.25, 0.3) is 5.56 Å². The summed E-state index contributed by atoms with van der Waals surface area (Å²) in [6.45, 7) is 2.62. The number of aryl methyl sites for hydroxylation is 1. The van der Waals surface area contributed by atoms with E-state index in [9.17, 15) is 4.79 Å². The van der Waals surface area contributed by atoms with Gasteiger partial charge < -0.3 is 9.30 Å². The maximum Gasteiger partial charge on any atom is 0.258 e. The van der Waals surface area contributed by atoms with Crippen LogP contribution in [-0.2, 0) is 7.05 Å². The Hall–Kier alpha value is -1.48. The predicted octanol–water partition coefficient (Wildman–Crippen LogP) is 2.78. The van der Waals surface area contributed by atoms with Gasteiger partial charge in [0.2, 0.25) is 0 Å². The minimum Gasteiger partial charge on any atom is -0.491 e. The molecule has 1 heterocycles. The van der Waals surface area contributed by atoms with Crippen molar-refractivity contribution in [1.82, 2.24) is 4.57 Å². The predicted molar refractivity (Wildman–Crippen MR) is 68.8 cm³/mol. The van der Waals surface area contributed by atoms with E-state index in [1.54, 1.807) is 25.2 Å². The maximum atomic E-state index is 11.9. The third-order valence-electron chi connectivity index (χ3n) is 2.48. The number of benzene rings is 1. The smallest absolute Gasteiger partial charge is 0.258 e. The number of rotatable bonds is 3. The van der Waals surface area contributed by atoms with E-state index >= 15 is 0 Å². The van der Waals surface area contributed by atoms with Crippen molar-refractivity contribution in [3.8, 4) is 5.75 Å². The second kappa shape index (κ2) is 4.80. The molecular weight excluding hydrogens is 238 g/mol. The van der Waals surface area contributed by atoms with Crippen molar-refractivity contribution in [2.75, 3.05) is 6.61 Å². The van der Waals surface area contributed by atoms with E-state index in [0.29, 0.717) is 28.2 Å². The Morgan fingerprint density at radius 2 is 2.18 bits per heavy atom. The first-order chi connectivity index (χ1) is 8.13. The van der Waals surface area contributed by atoms with Crippen LogP contribution in [-0.4, -0.2) is 11.2 Å². The van der Waals surface area contributed by atoms with Crippen LogP contribution in [0.15, 0.2) is 23.0 Å². The molecule has 1 radical (unpaired) electrons. The van der Waals surface area contributed by atoms with Crippen molar-refractivity contribution >= 4 is 22.4 Å². The summed E-state index contributed by atoms with van der Waals surface area (Å²) in [4.78, 5) is 11.9. The molecule has 4 heteroatoms. The topological polar surface area (TPSA) is 31.2 Å². The second-order valence-corrected chi connectivity index (χ2v) is 4.28. The van der Waals surface area contributed by atoms with Gasteiger partial charge in [-0.3, -0.25) is 4.79 Å². The van der Waals surface area contributed by atoms with Crippen LogP contribution < -0.4 is 10.3 Å². The molecule has 0 amide bonds.